The van der Waals surface area contributed by atoms with E-state index in [9.17, 15) is 4.79 Å². The SMILES string of the molecule is CCN(CC(=O)O)C1CC(Nc2ccnc(N3CCCCC3)n2)C1. The summed E-state index contributed by atoms with van der Waals surface area (Å²) in [6.07, 6.45) is 7.46. The summed E-state index contributed by atoms with van der Waals surface area (Å²) in [5.41, 5.74) is 0. The van der Waals surface area contributed by atoms with Crippen LogP contribution in [0.25, 0.3) is 0 Å². The third-order valence-electron chi connectivity index (χ3n) is 5.01. The van der Waals surface area contributed by atoms with Crippen LogP contribution in [0.1, 0.15) is 39.0 Å². The Morgan fingerprint density at radius 2 is 2.12 bits per heavy atom. The molecular weight excluding hydrogens is 306 g/mol. The minimum atomic E-state index is -0.754. The number of anilines is 2. The van der Waals surface area contributed by atoms with Crippen LogP contribution < -0.4 is 10.2 Å². The summed E-state index contributed by atoms with van der Waals surface area (Å²) in [5.74, 6) is 0.933. The van der Waals surface area contributed by atoms with Crippen molar-refractivity contribution in [2.45, 2.75) is 51.1 Å². The summed E-state index contributed by atoms with van der Waals surface area (Å²) in [6.45, 7) is 4.99. The Kier molecular flexibility index (Phi) is 5.50. The molecule has 7 nitrogen and oxygen atoms in total. The van der Waals surface area contributed by atoms with Crippen LogP contribution in [0.2, 0.25) is 0 Å². The molecule has 132 valence electrons. The van der Waals surface area contributed by atoms with Gasteiger partial charge in [0.25, 0.3) is 0 Å². The number of nitrogens with one attached hydrogen (secondary N) is 1. The van der Waals surface area contributed by atoms with Gasteiger partial charge in [-0.2, -0.15) is 4.98 Å². The first-order valence-electron chi connectivity index (χ1n) is 8.96. The maximum Gasteiger partial charge on any atom is 0.317 e. The molecule has 0 radical (unpaired) electrons. The van der Waals surface area contributed by atoms with Gasteiger partial charge < -0.3 is 15.3 Å². The molecular formula is C17H27N5O2. The van der Waals surface area contributed by atoms with Crippen molar-refractivity contribution in [3.63, 3.8) is 0 Å². The molecule has 0 amide bonds. The summed E-state index contributed by atoms with van der Waals surface area (Å²) in [4.78, 5) is 24.2. The van der Waals surface area contributed by atoms with Crippen molar-refractivity contribution in [3.05, 3.63) is 12.3 Å². The number of aliphatic carboxylic acids is 1. The number of hydrogen-bond acceptors (Lipinski definition) is 6. The molecule has 0 spiro atoms. The van der Waals surface area contributed by atoms with E-state index >= 15 is 0 Å². The van der Waals surface area contributed by atoms with E-state index in [0.717, 1.165) is 44.2 Å². The summed E-state index contributed by atoms with van der Waals surface area (Å²) >= 11 is 0. The van der Waals surface area contributed by atoms with Crippen molar-refractivity contribution in [1.29, 1.82) is 0 Å². The van der Waals surface area contributed by atoms with Gasteiger partial charge in [-0.05, 0) is 44.7 Å². The van der Waals surface area contributed by atoms with Crippen molar-refractivity contribution >= 4 is 17.7 Å². The molecule has 2 heterocycles. The van der Waals surface area contributed by atoms with Gasteiger partial charge in [-0.15, -0.1) is 0 Å². The summed E-state index contributed by atoms with van der Waals surface area (Å²) in [5, 5.41) is 12.4. The van der Waals surface area contributed by atoms with Gasteiger partial charge in [0.2, 0.25) is 5.95 Å². The Bertz CT molecular complexity index is 556. The van der Waals surface area contributed by atoms with Crippen LogP contribution in [0.5, 0.6) is 0 Å². The second kappa shape index (κ2) is 7.79. The highest BCUT2D eigenvalue weighted by Gasteiger charge is 2.34. The highest BCUT2D eigenvalue weighted by Crippen LogP contribution is 2.28. The molecule has 2 aliphatic rings. The maximum absolute atomic E-state index is 10.9. The molecule has 0 atom stereocenters. The Labute approximate surface area is 143 Å². The smallest absolute Gasteiger partial charge is 0.317 e. The molecule has 1 aliphatic carbocycles. The Hall–Kier alpha value is -1.89. The van der Waals surface area contributed by atoms with Gasteiger partial charge >= 0.3 is 5.97 Å². The zero-order valence-corrected chi connectivity index (χ0v) is 14.3. The van der Waals surface area contributed by atoms with E-state index in [0.29, 0.717) is 12.1 Å². The van der Waals surface area contributed by atoms with Crippen LogP contribution >= 0.6 is 0 Å². The lowest BCUT2D eigenvalue weighted by Crippen LogP contribution is -2.51. The van der Waals surface area contributed by atoms with E-state index in [4.69, 9.17) is 5.11 Å². The second-order valence-electron chi connectivity index (χ2n) is 6.71. The molecule has 0 unspecified atom stereocenters. The minimum absolute atomic E-state index is 0.125. The predicted octanol–water partition coefficient (Wildman–Crippen LogP) is 1.82. The minimum Gasteiger partial charge on any atom is -0.480 e. The standard InChI is InChI=1S/C17H27N5O2/c1-2-21(12-16(23)24)14-10-13(11-14)19-15-6-7-18-17(20-15)22-8-4-3-5-9-22/h6-7,13-14H,2-5,8-12H2,1H3,(H,23,24)(H,18,19,20). The third-order valence-corrected chi connectivity index (χ3v) is 5.01. The second-order valence-corrected chi connectivity index (χ2v) is 6.71. The van der Waals surface area contributed by atoms with Crippen LogP contribution in [0.3, 0.4) is 0 Å². The lowest BCUT2D eigenvalue weighted by atomic mass is 9.85. The first-order valence-corrected chi connectivity index (χ1v) is 8.96. The van der Waals surface area contributed by atoms with Gasteiger partial charge in [-0.1, -0.05) is 6.92 Å². The maximum atomic E-state index is 10.9. The molecule has 0 bridgehead atoms. The first kappa shape index (κ1) is 17.0. The first-order chi connectivity index (χ1) is 11.7. The van der Waals surface area contributed by atoms with Crippen LogP contribution in [0.4, 0.5) is 11.8 Å². The molecule has 1 saturated heterocycles. The fourth-order valence-electron chi connectivity index (χ4n) is 3.56. The van der Waals surface area contributed by atoms with Gasteiger partial charge in [-0.3, -0.25) is 9.69 Å². The zero-order chi connectivity index (χ0) is 16.9. The number of piperidine rings is 1. The highest BCUT2D eigenvalue weighted by molar-refractivity contribution is 5.69. The summed E-state index contributed by atoms with van der Waals surface area (Å²) in [6, 6.07) is 2.63. The third kappa shape index (κ3) is 4.14. The Balaban J connectivity index is 1.51. The van der Waals surface area contributed by atoms with Gasteiger partial charge in [0, 0.05) is 31.4 Å². The summed E-state index contributed by atoms with van der Waals surface area (Å²) < 4.78 is 0. The number of rotatable bonds is 7. The van der Waals surface area contributed by atoms with Crippen LogP contribution in [-0.2, 0) is 4.79 Å². The quantitative estimate of drug-likeness (QED) is 0.787. The number of hydrogen-bond donors (Lipinski definition) is 2. The molecule has 1 saturated carbocycles. The van der Waals surface area contributed by atoms with Gasteiger partial charge in [-0.25, -0.2) is 4.98 Å². The molecule has 24 heavy (non-hydrogen) atoms. The van der Waals surface area contributed by atoms with E-state index in [1.165, 1.54) is 19.3 Å². The van der Waals surface area contributed by atoms with E-state index in [1.807, 2.05) is 24.1 Å². The van der Waals surface area contributed by atoms with Gasteiger partial charge in [0.1, 0.15) is 5.82 Å². The Morgan fingerprint density at radius 3 is 2.79 bits per heavy atom. The number of carboxylic acid groups (broad SMARTS) is 1. The van der Waals surface area contributed by atoms with E-state index in [1.54, 1.807) is 0 Å². The zero-order valence-electron chi connectivity index (χ0n) is 14.3. The molecule has 1 aromatic rings. The van der Waals surface area contributed by atoms with E-state index in [2.05, 4.69) is 20.2 Å². The molecule has 2 fully saturated rings. The van der Waals surface area contributed by atoms with Crippen LogP contribution in [0.15, 0.2) is 12.3 Å². The van der Waals surface area contributed by atoms with Crippen molar-refractivity contribution in [3.8, 4) is 0 Å². The summed E-state index contributed by atoms with van der Waals surface area (Å²) in [7, 11) is 0. The van der Waals surface area contributed by atoms with Crippen molar-refractivity contribution in [2.75, 3.05) is 36.4 Å². The average Bonchev–Trinajstić information content (AvgIpc) is 2.57. The van der Waals surface area contributed by atoms with Crippen LogP contribution in [-0.4, -0.2) is 64.2 Å². The molecule has 1 aliphatic heterocycles. The normalized spacial score (nSPS) is 23.8. The molecule has 2 N–H and O–H groups in total. The Morgan fingerprint density at radius 1 is 1.38 bits per heavy atom. The molecule has 0 aromatic carbocycles. The van der Waals surface area contributed by atoms with Crippen molar-refractivity contribution < 1.29 is 9.90 Å². The highest BCUT2D eigenvalue weighted by atomic mass is 16.4. The van der Waals surface area contributed by atoms with E-state index in [-0.39, 0.29) is 6.54 Å². The lowest BCUT2D eigenvalue weighted by molar-refractivity contribution is -0.139. The largest absolute Gasteiger partial charge is 0.480 e. The van der Waals surface area contributed by atoms with E-state index < -0.39 is 5.97 Å². The number of nitrogens with zero attached hydrogens (tertiary/aromatic N) is 4. The average molecular weight is 333 g/mol. The van der Waals surface area contributed by atoms with Gasteiger partial charge in [0.15, 0.2) is 0 Å². The number of carboxylic acids is 1. The number of likely N-dealkylation sites (N-methyl/N-ethyl adjacent to an activating group) is 1. The van der Waals surface area contributed by atoms with Crippen LogP contribution in [0, 0.1) is 0 Å². The molecule has 1 aromatic heterocycles. The predicted molar refractivity (Wildman–Crippen MR) is 93.4 cm³/mol. The van der Waals surface area contributed by atoms with Gasteiger partial charge in [0.05, 0.1) is 6.54 Å². The molecule has 7 heteroatoms. The molecule has 3 rings (SSSR count). The van der Waals surface area contributed by atoms with Crippen molar-refractivity contribution in [1.82, 2.24) is 14.9 Å². The number of aromatic nitrogens is 2. The topological polar surface area (TPSA) is 81.6 Å². The fraction of sp³-hybridized carbons (Fsp3) is 0.706. The number of carbonyl (C=O) groups is 1. The lowest BCUT2D eigenvalue weighted by Gasteiger charge is -2.42. The van der Waals surface area contributed by atoms with Crippen molar-refractivity contribution in [2.24, 2.45) is 0 Å². The monoisotopic (exact) mass is 333 g/mol. The fourth-order valence-corrected chi connectivity index (χ4v) is 3.56.